The van der Waals surface area contributed by atoms with Gasteiger partial charge in [0, 0.05) is 7.97 Å². The Kier molecular flexibility index (Phi) is 16.5. The van der Waals surface area contributed by atoms with Crippen LogP contribution in [0.3, 0.4) is 0 Å². The third-order valence-corrected chi connectivity index (χ3v) is 1.99. The topological polar surface area (TPSA) is 43.1 Å². The number of aldehydes is 1. The van der Waals surface area contributed by atoms with Gasteiger partial charge in [0.25, 0.3) is 0 Å². The first kappa shape index (κ1) is 15.1. The Balaban J connectivity index is -0.000000152. The summed E-state index contributed by atoms with van der Waals surface area (Å²) in [6.45, 7) is 6.50. The summed E-state index contributed by atoms with van der Waals surface area (Å²) in [6.07, 6.45) is 8.09. The van der Waals surface area contributed by atoms with Crippen LogP contribution in [-0.2, 0) is 4.79 Å². The number of carbonyl (C=O) groups excluding carboxylic acids is 1. The normalized spacial score (nSPS) is 16.0. The van der Waals surface area contributed by atoms with E-state index in [1.54, 1.807) is 0 Å². The lowest BCUT2D eigenvalue weighted by atomic mass is 9.91. The van der Waals surface area contributed by atoms with Crippen molar-refractivity contribution in [3.63, 3.8) is 0 Å². The van der Waals surface area contributed by atoms with Crippen molar-refractivity contribution in [1.29, 1.82) is 0 Å². The largest absolute Gasteiger partial charge is 0.324 e. The molecule has 0 atom stereocenters. The van der Waals surface area contributed by atoms with E-state index in [0.717, 1.165) is 5.92 Å². The number of rotatable bonds is 1. The number of hydrogen-bond acceptors (Lipinski definition) is 2. The van der Waals surface area contributed by atoms with Crippen LogP contribution in [0.15, 0.2) is 0 Å². The smallest absolute Gasteiger partial charge is 0.133 e. The van der Waals surface area contributed by atoms with Crippen LogP contribution in [0.5, 0.6) is 0 Å². The van der Waals surface area contributed by atoms with E-state index in [9.17, 15) is 0 Å². The molecule has 1 aliphatic rings. The lowest BCUT2D eigenvalue weighted by molar-refractivity contribution is -0.106. The van der Waals surface area contributed by atoms with Crippen molar-refractivity contribution in [1.82, 2.24) is 0 Å². The highest BCUT2D eigenvalue weighted by atomic mass is 16.1. The lowest BCUT2D eigenvalue weighted by Crippen LogP contribution is -1.99. The van der Waals surface area contributed by atoms with Gasteiger partial charge in [0.1, 0.15) is 6.29 Å². The van der Waals surface area contributed by atoms with Crippen molar-refractivity contribution < 1.29 is 6.22 Å². The van der Waals surface area contributed by atoms with E-state index < -0.39 is 0 Å². The molecule has 0 heterocycles. The van der Waals surface area contributed by atoms with Gasteiger partial charge in [-0.15, -0.1) is 0 Å². The van der Waals surface area contributed by atoms with Crippen molar-refractivity contribution in [2.24, 2.45) is 11.7 Å². The molecule has 82 valence electrons. The summed E-state index contributed by atoms with van der Waals surface area (Å²) in [4.78, 5) is 9.05. The molecule has 0 amide bonds. The molecule has 0 radical (unpaired) electrons. The highest BCUT2D eigenvalue weighted by molar-refractivity contribution is 5.51. The van der Waals surface area contributed by atoms with Gasteiger partial charge >= 0.3 is 0 Å². The minimum atomic E-state index is 0. The number of hydrogen-bond donors (Lipinski definition) is 1. The first-order chi connectivity index (χ1) is 6.31. The van der Waals surface area contributed by atoms with Gasteiger partial charge < -0.3 is 10.5 Å². The van der Waals surface area contributed by atoms with Crippen LogP contribution in [0.2, 0.25) is 0 Å². The fourth-order valence-corrected chi connectivity index (χ4v) is 1.31. The zero-order chi connectivity index (χ0) is 10.5. The molecule has 0 spiro atoms. The Morgan fingerprint density at radius 1 is 1.31 bits per heavy atom. The van der Waals surface area contributed by atoms with E-state index in [1.165, 1.54) is 32.1 Å². The molecule has 13 heavy (non-hydrogen) atoms. The second-order valence-corrected chi connectivity index (χ2v) is 3.15. The van der Waals surface area contributed by atoms with Crippen LogP contribution >= 0.6 is 0 Å². The standard InChI is InChI=1S/C7H14.C2H5NO.C2H6.H2/c1-7-5-3-2-4-6-7;3-1-2-4;1-2;/h7H,2-6H2,1H3;2H,1,3H2;1-2H3;1H. The third-order valence-electron chi connectivity index (χ3n) is 1.99. The van der Waals surface area contributed by atoms with Crippen LogP contribution in [0, 0.1) is 5.92 Å². The van der Waals surface area contributed by atoms with Gasteiger partial charge in [-0.2, -0.15) is 0 Å². The third kappa shape index (κ3) is 14.5. The minimum Gasteiger partial charge on any atom is -0.324 e. The highest BCUT2D eigenvalue weighted by Gasteiger charge is 2.05. The van der Waals surface area contributed by atoms with E-state index in [2.05, 4.69) is 12.7 Å². The Morgan fingerprint density at radius 2 is 1.69 bits per heavy atom. The summed E-state index contributed by atoms with van der Waals surface area (Å²) in [5, 5.41) is 0. The Morgan fingerprint density at radius 3 is 1.85 bits per heavy atom. The zero-order valence-electron chi connectivity index (χ0n) is 9.38. The minimum absolute atomic E-state index is 0. The molecule has 2 heteroatoms. The van der Waals surface area contributed by atoms with E-state index in [4.69, 9.17) is 4.79 Å². The Bertz CT molecular complexity index is 93.3. The summed E-state index contributed by atoms with van der Waals surface area (Å²) in [5.74, 6) is 1.04. The van der Waals surface area contributed by atoms with Crippen molar-refractivity contribution in [3.05, 3.63) is 0 Å². The molecular weight excluding hydrogens is 162 g/mol. The van der Waals surface area contributed by atoms with Crippen molar-refractivity contribution in [2.45, 2.75) is 52.9 Å². The monoisotopic (exact) mass is 189 g/mol. The van der Waals surface area contributed by atoms with Crippen LogP contribution in [-0.4, -0.2) is 12.8 Å². The molecule has 0 aromatic carbocycles. The molecule has 0 aliphatic heterocycles. The Labute approximate surface area is 84.4 Å². The van der Waals surface area contributed by atoms with Gasteiger partial charge in [-0.05, 0) is 5.92 Å². The quantitative estimate of drug-likeness (QED) is 0.644. The van der Waals surface area contributed by atoms with E-state index in [0.29, 0.717) is 6.29 Å². The van der Waals surface area contributed by atoms with Gasteiger partial charge in [0.2, 0.25) is 0 Å². The first-order valence-corrected chi connectivity index (χ1v) is 5.45. The van der Waals surface area contributed by atoms with Gasteiger partial charge in [0.05, 0.1) is 0 Å². The summed E-state index contributed by atoms with van der Waals surface area (Å²) < 4.78 is 0. The van der Waals surface area contributed by atoms with Gasteiger partial charge in [-0.25, -0.2) is 0 Å². The van der Waals surface area contributed by atoms with Crippen molar-refractivity contribution in [2.75, 3.05) is 6.54 Å². The molecule has 2 nitrogen and oxygen atoms in total. The molecular formula is C11H27NO. The van der Waals surface area contributed by atoms with E-state index in [1.807, 2.05) is 13.8 Å². The average Bonchev–Trinajstić information content (AvgIpc) is 2.22. The zero-order valence-corrected chi connectivity index (χ0v) is 9.38. The van der Waals surface area contributed by atoms with Crippen LogP contribution in [0.4, 0.5) is 0 Å². The maximum absolute atomic E-state index is 9.05. The van der Waals surface area contributed by atoms with Crippen LogP contribution in [0.1, 0.15) is 54.3 Å². The molecule has 0 saturated heterocycles. The molecule has 0 bridgehead atoms. The second kappa shape index (κ2) is 14.2. The van der Waals surface area contributed by atoms with Gasteiger partial charge in [-0.1, -0.05) is 52.9 Å². The maximum Gasteiger partial charge on any atom is 0.133 e. The molecule has 2 N–H and O–H groups in total. The number of nitrogens with two attached hydrogens (primary N) is 1. The SMILES string of the molecule is CC.CC1CCCCC1.NCC=O.[HH]. The number of carbonyl (C=O) groups is 1. The van der Waals surface area contributed by atoms with Gasteiger partial charge in [-0.3, -0.25) is 0 Å². The summed E-state index contributed by atoms with van der Waals surface area (Å²) in [5.41, 5.74) is 4.66. The molecule has 0 aromatic heterocycles. The predicted molar refractivity (Wildman–Crippen MR) is 60.8 cm³/mol. The summed E-state index contributed by atoms with van der Waals surface area (Å²) >= 11 is 0. The summed E-state index contributed by atoms with van der Waals surface area (Å²) in [6, 6.07) is 0. The average molecular weight is 189 g/mol. The van der Waals surface area contributed by atoms with Crippen molar-refractivity contribution >= 4 is 6.29 Å². The molecule has 1 aliphatic carbocycles. The first-order valence-electron chi connectivity index (χ1n) is 5.45. The van der Waals surface area contributed by atoms with Crippen LogP contribution < -0.4 is 5.73 Å². The highest BCUT2D eigenvalue weighted by Crippen LogP contribution is 2.21. The van der Waals surface area contributed by atoms with Crippen LogP contribution in [0.25, 0.3) is 0 Å². The second-order valence-electron chi connectivity index (χ2n) is 3.15. The maximum atomic E-state index is 9.05. The molecule has 0 aromatic rings. The Hall–Kier alpha value is -0.370. The lowest BCUT2D eigenvalue weighted by Gasteiger charge is -2.15. The molecule has 1 fully saturated rings. The molecule has 1 saturated carbocycles. The fraction of sp³-hybridized carbons (Fsp3) is 0.909. The van der Waals surface area contributed by atoms with E-state index in [-0.39, 0.29) is 7.97 Å². The molecule has 1 rings (SSSR count). The van der Waals surface area contributed by atoms with Gasteiger partial charge in [0.15, 0.2) is 0 Å². The van der Waals surface area contributed by atoms with E-state index >= 15 is 0 Å². The fourth-order valence-electron chi connectivity index (χ4n) is 1.31. The van der Waals surface area contributed by atoms with Crippen molar-refractivity contribution in [3.8, 4) is 0 Å². The predicted octanol–water partition coefficient (Wildman–Crippen LogP) is 3.00. The molecule has 0 unspecified atom stereocenters. The summed E-state index contributed by atoms with van der Waals surface area (Å²) in [7, 11) is 0.